The van der Waals surface area contributed by atoms with Crippen molar-refractivity contribution in [3.63, 3.8) is 0 Å². The molecule has 2 heterocycles. The lowest BCUT2D eigenvalue weighted by molar-refractivity contribution is 0.0743. The molecule has 3 N–H and O–H groups in total. The van der Waals surface area contributed by atoms with Gasteiger partial charge >= 0.3 is 0 Å². The van der Waals surface area contributed by atoms with Gasteiger partial charge in [-0.1, -0.05) is 12.1 Å². The molecule has 4 aromatic rings. The summed E-state index contributed by atoms with van der Waals surface area (Å²) in [6.07, 6.45) is 4.35. The topological polar surface area (TPSA) is 97.7 Å². The molecular weight excluding hydrogens is 449 g/mol. The number of H-pyrrole nitrogens is 1. The molecule has 3 aromatic carbocycles. The van der Waals surface area contributed by atoms with Gasteiger partial charge < -0.3 is 25.1 Å². The first kappa shape index (κ1) is 22.6. The highest BCUT2D eigenvalue weighted by Crippen LogP contribution is 2.34. The van der Waals surface area contributed by atoms with Gasteiger partial charge in [-0.25, -0.2) is 4.39 Å². The van der Waals surface area contributed by atoms with E-state index in [1.165, 1.54) is 19.2 Å². The number of benzene rings is 3. The number of nitrogens with one attached hydrogen (secondary N) is 1. The number of carbonyl (C=O) groups is 2. The molecule has 5 rings (SSSR count). The Labute approximate surface area is 200 Å². The summed E-state index contributed by atoms with van der Waals surface area (Å²) < 4.78 is 24.7. The Balaban J connectivity index is 1.60. The summed E-state index contributed by atoms with van der Waals surface area (Å²) in [6.45, 7) is 0.562. The Kier molecular flexibility index (Phi) is 5.74. The molecule has 1 aromatic heterocycles. The van der Waals surface area contributed by atoms with E-state index in [0.29, 0.717) is 34.3 Å². The first-order valence-electron chi connectivity index (χ1n) is 11.1. The summed E-state index contributed by atoms with van der Waals surface area (Å²) in [6, 6.07) is 13.5. The average Bonchev–Trinajstić information content (AvgIpc) is 3.25. The number of nitrogens with zero attached hydrogens (tertiary/aromatic N) is 1. The normalized spacial score (nSPS) is 15.6. The molecule has 0 radical (unpaired) electrons. The summed E-state index contributed by atoms with van der Waals surface area (Å²) in [5.74, 6) is -1.10. The molecule has 1 atom stereocenters. The Morgan fingerprint density at radius 3 is 2.54 bits per heavy atom. The van der Waals surface area contributed by atoms with Gasteiger partial charge in [0.1, 0.15) is 0 Å². The minimum atomic E-state index is -0.611. The quantitative estimate of drug-likeness (QED) is 0.442. The Morgan fingerprint density at radius 1 is 1.06 bits per heavy atom. The van der Waals surface area contributed by atoms with Gasteiger partial charge in [-0.15, -0.1) is 0 Å². The van der Waals surface area contributed by atoms with Gasteiger partial charge in [0.25, 0.3) is 11.8 Å². The van der Waals surface area contributed by atoms with Crippen LogP contribution in [-0.4, -0.2) is 48.6 Å². The first-order chi connectivity index (χ1) is 16.9. The number of hydrogen-bond donors (Lipinski definition) is 2. The third-order valence-corrected chi connectivity index (χ3v) is 6.40. The molecule has 178 valence electrons. The SMILES string of the molecule is COc1ccc(-c2cc(C(N)=O)c3[nH]c4cc(C(=O)N5C=CC(OC)CC5)ccc4c3c2)cc1F. The largest absolute Gasteiger partial charge is 0.494 e. The lowest BCUT2D eigenvalue weighted by atomic mass is 9.98. The van der Waals surface area contributed by atoms with Crippen molar-refractivity contribution in [2.24, 2.45) is 5.73 Å². The molecule has 0 aliphatic carbocycles. The number of aromatic amines is 1. The Morgan fingerprint density at radius 2 is 1.89 bits per heavy atom. The van der Waals surface area contributed by atoms with Crippen molar-refractivity contribution in [1.29, 1.82) is 0 Å². The molecule has 0 spiro atoms. The van der Waals surface area contributed by atoms with Gasteiger partial charge in [0.15, 0.2) is 11.6 Å². The molecule has 0 bridgehead atoms. The molecule has 0 fully saturated rings. The summed E-state index contributed by atoms with van der Waals surface area (Å²) >= 11 is 0. The predicted octanol–water partition coefficient (Wildman–Crippen LogP) is 4.61. The fraction of sp³-hybridized carbons (Fsp3) is 0.185. The minimum absolute atomic E-state index is 0.0100. The number of amides is 2. The molecular formula is C27H24FN3O4. The van der Waals surface area contributed by atoms with E-state index >= 15 is 0 Å². The van der Waals surface area contributed by atoms with E-state index in [4.69, 9.17) is 15.2 Å². The molecule has 1 unspecified atom stereocenters. The van der Waals surface area contributed by atoms with Gasteiger partial charge in [-0.2, -0.15) is 0 Å². The molecule has 35 heavy (non-hydrogen) atoms. The highest BCUT2D eigenvalue weighted by Gasteiger charge is 2.21. The number of primary amides is 1. The third kappa shape index (κ3) is 4.02. The summed E-state index contributed by atoms with van der Waals surface area (Å²) in [5, 5.41) is 1.57. The smallest absolute Gasteiger partial charge is 0.257 e. The molecule has 0 saturated heterocycles. The van der Waals surface area contributed by atoms with E-state index in [9.17, 15) is 14.0 Å². The number of nitrogens with two attached hydrogens (primary N) is 1. The van der Waals surface area contributed by atoms with E-state index in [-0.39, 0.29) is 23.3 Å². The van der Waals surface area contributed by atoms with Crippen molar-refractivity contribution in [1.82, 2.24) is 9.88 Å². The first-order valence-corrected chi connectivity index (χ1v) is 11.1. The third-order valence-electron chi connectivity index (χ3n) is 6.40. The van der Waals surface area contributed by atoms with Crippen LogP contribution in [0.2, 0.25) is 0 Å². The van der Waals surface area contributed by atoms with E-state index in [1.54, 1.807) is 42.5 Å². The van der Waals surface area contributed by atoms with Gasteiger partial charge in [0.2, 0.25) is 0 Å². The fourth-order valence-corrected chi connectivity index (χ4v) is 4.51. The van der Waals surface area contributed by atoms with Crippen LogP contribution in [0.15, 0.2) is 60.8 Å². The zero-order valence-corrected chi connectivity index (χ0v) is 19.3. The lowest BCUT2D eigenvalue weighted by Gasteiger charge is -2.25. The van der Waals surface area contributed by atoms with Crippen LogP contribution in [0.25, 0.3) is 32.9 Å². The zero-order valence-electron chi connectivity index (χ0n) is 19.3. The maximum atomic E-state index is 14.3. The van der Waals surface area contributed by atoms with Crippen LogP contribution in [0, 0.1) is 5.82 Å². The van der Waals surface area contributed by atoms with Crippen LogP contribution in [0.4, 0.5) is 4.39 Å². The Hall–Kier alpha value is -4.17. The van der Waals surface area contributed by atoms with E-state index in [1.807, 2.05) is 18.2 Å². The Bertz CT molecular complexity index is 1510. The highest BCUT2D eigenvalue weighted by molar-refractivity contribution is 6.17. The van der Waals surface area contributed by atoms with Gasteiger partial charge in [-0.05, 0) is 60.0 Å². The van der Waals surface area contributed by atoms with Crippen LogP contribution >= 0.6 is 0 Å². The van der Waals surface area contributed by atoms with Crippen molar-refractivity contribution in [2.45, 2.75) is 12.5 Å². The number of hydrogen-bond acceptors (Lipinski definition) is 4. The van der Waals surface area contributed by atoms with Crippen molar-refractivity contribution >= 4 is 33.6 Å². The van der Waals surface area contributed by atoms with Crippen LogP contribution < -0.4 is 10.5 Å². The van der Waals surface area contributed by atoms with Crippen LogP contribution in [0.1, 0.15) is 27.1 Å². The second-order valence-corrected chi connectivity index (χ2v) is 8.45. The van der Waals surface area contributed by atoms with Crippen LogP contribution in [0.3, 0.4) is 0 Å². The second-order valence-electron chi connectivity index (χ2n) is 8.45. The maximum Gasteiger partial charge on any atom is 0.257 e. The number of fused-ring (bicyclic) bond motifs is 3. The number of rotatable bonds is 5. The fourth-order valence-electron chi connectivity index (χ4n) is 4.51. The van der Waals surface area contributed by atoms with Crippen LogP contribution in [0.5, 0.6) is 5.75 Å². The van der Waals surface area contributed by atoms with E-state index in [2.05, 4.69) is 4.98 Å². The van der Waals surface area contributed by atoms with Crippen LogP contribution in [-0.2, 0) is 4.74 Å². The zero-order chi connectivity index (χ0) is 24.7. The standard InChI is InChI=1S/C27H24FN3O4/c1-34-18-7-9-31(10-8-18)27(33)16-3-5-19-20-11-17(15-4-6-24(35-2)22(28)13-15)12-21(26(29)32)25(20)30-23(19)14-16/h3-7,9,11-14,18,30H,8,10H2,1-2H3,(H2,29,32). The molecule has 8 heteroatoms. The van der Waals surface area contributed by atoms with E-state index in [0.717, 1.165) is 17.2 Å². The summed E-state index contributed by atoms with van der Waals surface area (Å²) in [7, 11) is 3.05. The lowest BCUT2D eigenvalue weighted by Crippen LogP contribution is -2.32. The predicted molar refractivity (Wildman–Crippen MR) is 132 cm³/mol. The van der Waals surface area contributed by atoms with Crippen molar-refractivity contribution in [3.05, 3.63) is 77.8 Å². The van der Waals surface area contributed by atoms with Gasteiger partial charge in [0, 0.05) is 41.7 Å². The molecule has 2 amide bonds. The minimum Gasteiger partial charge on any atom is -0.494 e. The highest BCUT2D eigenvalue weighted by atomic mass is 19.1. The summed E-state index contributed by atoms with van der Waals surface area (Å²) in [4.78, 5) is 30.3. The number of ether oxygens (including phenoxy) is 2. The monoisotopic (exact) mass is 473 g/mol. The molecule has 0 saturated carbocycles. The molecule has 7 nitrogen and oxygen atoms in total. The van der Waals surface area contributed by atoms with Crippen molar-refractivity contribution in [3.8, 4) is 16.9 Å². The number of aromatic nitrogens is 1. The molecule has 1 aliphatic rings. The van der Waals surface area contributed by atoms with Gasteiger partial charge in [-0.3, -0.25) is 9.59 Å². The average molecular weight is 474 g/mol. The number of methoxy groups -OCH3 is 2. The number of halogens is 1. The second kappa shape index (κ2) is 8.88. The number of carbonyl (C=O) groups excluding carboxylic acids is 2. The van der Waals surface area contributed by atoms with Gasteiger partial charge in [0.05, 0.1) is 24.3 Å². The maximum absolute atomic E-state index is 14.3. The summed E-state index contributed by atoms with van der Waals surface area (Å²) in [5.41, 5.74) is 8.97. The van der Waals surface area contributed by atoms with Crippen molar-refractivity contribution < 1.29 is 23.5 Å². The molecule has 1 aliphatic heterocycles. The van der Waals surface area contributed by atoms with E-state index < -0.39 is 11.7 Å². The van der Waals surface area contributed by atoms with Crippen molar-refractivity contribution in [2.75, 3.05) is 20.8 Å².